The Morgan fingerprint density at radius 1 is 1.22 bits per heavy atom. The van der Waals surface area contributed by atoms with E-state index in [1.807, 2.05) is 12.4 Å². The standard InChI is InChI=1S/C13H14Br2N2S/c1-7-4-10(14)12(11(15)5-7)17-9(3)13-8(2)16-6-18-13/h4-6,9,17H,1-3H3. The van der Waals surface area contributed by atoms with Crippen LogP contribution in [0.1, 0.15) is 29.1 Å². The summed E-state index contributed by atoms with van der Waals surface area (Å²) in [6.07, 6.45) is 0. The molecule has 1 aromatic heterocycles. The summed E-state index contributed by atoms with van der Waals surface area (Å²) < 4.78 is 2.15. The predicted octanol–water partition coefficient (Wildman–Crippen LogP) is 5.46. The molecule has 0 bridgehead atoms. The molecule has 2 nitrogen and oxygen atoms in total. The van der Waals surface area contributed by atoms with Crippen LogP contribution in [0.3, 0.4) is 0 Å². The van der Waals surface area contributed by atoms with Crippen molar-refractivity contribution in [1.29, 1.82) is 0 Å². The van der Waals surface area contributed by atoms with Gasteiger partial charge in [0.1, 0.15) is 0 Å². The van der Waals surface area contributed by atoms with Crippen LogP contribution >= 0.6 is 43.2 Å². The van der Waals surface area contributed by atoms with E-state index in [4.69, 9.17) is 0 Å². The average Bonchev–Trinajstić information content (AvgIpc) is 2.69. The van der Waals surface area contributed by atoms with Crippen molar-refractivity contribution in [3.8, 4) is 0 Å². The number of hydrogen-bond donors (Lipinski definition) is 1. The van der Waals surface area contributed by atoms with Gasteiger partial charge < -0.3 is 5.32 Å². The molecular weight excluding hydrogens is 376 g/mol. The maximum absolute atomic E-state index is 4.29. The number of anilines is 1. The average molecular weight is 390 g/mol. The van der Waals surface area contributed by atoms with Crippen molar-refractivity contribution in [3.05, 3.63) is 42.7 Å². The lowest BCUT2D eigenvalue weighted by Gasteiger charge is -2.17. The molecule has 96 valence electrons. The lowest BCUT2D eigenvalue weighted by atomic mass is 10.2. The zero-order valence-corrected chi connectivity index (χ0v) is 14.4. The van der Waals surface area contributed by atoms with E-state index >= 15 is 0 Å². The SMILES string of the molecule is Cc1cc(Br)c(NC(C)c2scnc2C)c(Br)c1. The highest BCUT2D eigenvalue weighted by molar-refractivity contribution is 9.11. The summed E-state index contributed by atoms with van der Waals surface area (Å²) in [5, 5.41) is 3.53. The summed E-state index contributed by atoms with van der Waals surface area (Å²) in [4.78, 5) is 5.57. The third kappa shape index (κ3) is 2.95. The fourth-order valence-corrected chi connectivity index (χ4v) is 4.30. The van der Waals surface area contributed by atoms with Gasteiger partial charge >= 0.3 is 0 Å². The molecule has 1 N–H and O–H groups in total. The van der Waals surface area contributed by atoms with E-state index < -0.39 is 0 Å². The maximum atomic E-state index is 4.29. The van der Waals surface area contributed by atoms with Gasteiger partial charge in [-0.25, -0.2) is 4.98 Å². The van der Waals surface area contributed by atoms with Crippen LogP contribution in [0.5, 0.6) is 0 Å². The molecule has 1 heterocycles. The highest BCUT2D eigenvalue weighted by atomic mass is 79.9. The maximum Gasteiger partial charge on any atom is 0.0798 e. The fourth-order valence-electron chi connectivity index (χ4n) is 1.85. The first-order valence-corrected chi connectivity index (χ1v) is 8.07. The van der Waals surface area contributed by atoms with Gasteiger partial charge in [-0.1, -0.05) is 0 Å². The van der Waals surface area contributed by atoms with Crippen LogP contribution < -0.4 is 5.32 Å². The molecule has 1 aromatic carbocycles. The Morgan fingerprint density at radius 3 is 2.33 bits per heavy atom. The number of aromatic nitrogens is 1. The lowest BCUT2D eigenvalue weighted by molar-refractivity contribution is 0.888. The Labute approximate surface area is 128 Å². The van der Waals surface area contributed by atoms with Crippen LogP contribution in [0, 0.1) is 13.8 Å². The quantitative estimate of drug-likeness (QED) is 0.753. The number of rotatable bonds is 3. The number of hydrogen-bond acceptors (Lipinski definition) is 3. The first-order chi connectivity index (χ1) is 8.49. The van der Waals surface area contributed by atoms with Crippen molar-refractivity contribution in [3.63, 3.8) is 0 Å². The van der Waals surface area contributed by atoms with E-state index in [1.165, 1.54) is 10.4 Å². The van der Waals surface area contributed by atoms with Crippen molar-refractivity contribution >= 4 is 48.9 Å². The van der Waals surface area contributed by atoms with Crippen molar-refractivity contribution in [2.24, 2.45) is 0 Å². The molecule has 2 rings (SSSR count). The van der Waals surface area contributed by atoms with E-state index in [9.17, 15) is 0 Å². The zero-order chi connectivity index (χ0) is 13.3. The Kier molecular flexibility index (Phi) is 4.45. The first-order valence-electron chi connectivity index (χ1n) is 5.61. The molecule has 18 heavy (non-hydrogen) atoms. The molecule has 0 aliphatic rings. The number of halogens is 2. The van der Waals surface area contributed by atoms with Crippen LogP contribution in [0.2, 0.25) is 0 Å². The second-order valence-corrected chi connectivity index (χ2v) is 6.87. The fraction of sp³-hybridized carbons (Fsp3) is 0.308. The highest BCUT2D eigenvalue weighted by Gasteiger charge is 2.14. The molecule has 0 fully saturated rings. The van der Waals surface area contributed by atoms with Gasteiger partial charge in [0, 0.05) is 13.8 Å². The largest absolute Gasteiger partial charge is 0.376 e. The van der Waals surface area contributed by atoms with E-state index in [0.717, 1.165) is 20.3 Å². The lowest BCUT2D eigenvalue weighted by Crippen LogP contribution is -2.07. The molecule has 1 atom stereocenters. The molecule has 1 unspecified atom stereocenters. The highest BCUT2D eigenvalue weighted by Crippen LogP contribution is 2.35. The number of nitrogens with one attached hydrogen (secondary N) is 1. The summed E-state index contributed by atoms with van der Waals surface area (Å²) in [6.45, 7) is 6.28. The predicted molar refractivity (Wildman–Crippen MR) is 85.5 cm³/mol. The van der Waals surface area contributed by atoms with Gasteiger partial charge in [0.2, 0.25) is 0 Å². The molecular formula is C13H14Br2N2S. The minimum atomic E-state index is 0.243. The summed E-state index contributed by atoms with van der Waals surface area (Å²) in [5.41, 5.74) is 5.29. The molecule has 0 amide bonds. The minimum absolute atomic E-state index is 0.243. The third-order valence-corrected chi connectivity index (χ3v) is 5.09. The van der Waals surface area contributed by atoms with Gasteiger partial charge in [-0.2, -0.15) is 0 Å². The van der Waals surface area contributed by atoms with Gasteiger partial charge in [-0.3, -0.25) is 0 Å². The van der Waals surface area contributed by atoms with Gasteiger partial charge in [0.25, 0.3) is 0 Å². The Hall–Kier alpha value is -0.390. The van der Waals surface area contributed by atoms with E-state index in [1.54, 1.807) is 11.3 Å². The van der Waals surface area contributed by atoms with Crippen molar-refractivity contribution in [2.75, 3.05) is 5.32 Å². The van der Waals surface area contributed by atoms with Crippen LogP contribution in [-0.2, 0) is 0 Å². The molecule has 0 spiro atoms. The number of aryl methyl sites for hydroxylation is 2. The number of thiazole rings is 1. The van der Waals surface area contributed by atoms with Gasteiger partial charge in [0.15, 0.2) is 0 Å². The molecule has 0 aliphatic carbocycles. The van der Waals surface area contributed by atoms with Crippen molar-refractivity contribution < 1.29 is 0 Å². The van der Waals surface area contributed by atoms with Crippen LogP contribution in [0.25, 0.3) is 0 Å². The summed E-state index contributed by atoms with van der Waals surface area (Å²) in [7, 11) is 0. The summed E-state index contributed by atoms with van der Waals surface area (Å²) in [5.74, 6) is 0. The first kappa shape index (κ1) is 14.0. The smallest absolute Gasteiger partial charge is 0.0798 e. The van der Waals surface area contributed by atoms with Crippen LogP contribution in [0.15, 0.2) is 26.6 Å². The van der Waals surface area contributed by atoms with Crippen molar-refractivity contribution in [1.82, 2.24) is 4.98 Å². The topological polar surface area (TPSA) is 24.9 Å². The number of nitrogens with zero attached hydrogens (tertiary/aromatic N) is 1. The van der Waals surface area contributed by atoms with Crippen molar-refractivity contribution in [2.45, 2.75) is 26.8 Å². The Balaban J connectivity index is 2.27. The van der Waals surface area contributed by atoms with E-state index in [-0.39, 0.29) is 6.04 Å². The third-order valence-electron chi connectivity index (χ3n) is 2.72. The Bertz CT molecular complexity index is 543. The molecule has 0 saturated heterocycles. The Morgan fingerprint density at radius 2 is 1.83 bits per heavy atom. The normalized spacial score (nSPS) is 12.5. The van der Waals surface area contributed by atoms with E-state index in [2.05, 4.69) is 68.1 Å². The number of benzene rings is 1. The second kappa shape index (κ2) is 5.72. The minimum Gasteiger partial charge on any atom is -0.376 e. The summed E-state index contributed by atoms with van der Waals surface area (Å²) >= 11 is 8.89. The van der Waals surface area contributed by atoms with Gasteiger partial charge in [-0.05, 0) is 70.3 Å². The van der Waals surface area contributed by atoms with Gasteiger partial charge in [0.05, 0.1) is 22.9 Å². The van der Waals surface area contributed by atoms with E-state index in [0.29, 0.717) is 0 Å². The summed E-state index contributed by atoms with van der Waals surface area (Å²) in [6, 6.07) is 4.46. The monoisotopic (exact) mass is 388 g/mol. The van der Waals surface area contributed by atoms with Crippen LogP contribution in [-0.4, -0.2) is 4.98 Å². The van der Waals surface area contributed by atoms with Gasteiger partial charge in [-0.15, -0.1) is 11.3 Å². The second-order valence-electron chi connectivity index (χ2n) is 4.27. The molecule has 0 saturated carbocycles. The zero-order valence-electron chi connectivity index (χ0n) is 10.4. The molecule has 2 aromatic rings. The molecule has 5 heteroatoms. The molecule has 0 radical (unpaired) electrons. The molecule has 0 aliphatic heterocycles. The van der Waals surface area contributed by atoms with Crippen LogP contribution in [0.4, 0.5) is 5.69 Å².